The van der Waals surface area contributed by atoms with Gasteiger partial charge in [-0.05, 0) is 47.0 Å². The second kappa shape index (κ2) is 8.94. The Morgan fingerprint density at radius 3 is 2.28 bits per heavy atom. The fourth-order valence-corrected chi connectivity index (χ4v) is 3.65. The normalized spacial score (nSPS) is 15.3. The van der Waals surface area contributed by atoms with E-state index in [1.165, 1.54) is 30.3 Å². The lowest BCUT2D eigenvalue weighted by atomic mass is 9.97. The van der Waals surface area contributed by atoms with Gasteiger partial charge in [-0.3, -0.25) is 14.9 Å². The van der Waals surface area contributed by atoms with Crippen molar-refractivity contribution in [3.05, 3.63) is 105 Å². The van der Waals surface area contributed by atoms with Crippen molar-refractivity contribution in [3.8, 4) is 0 Å². The molecular formula is C24H15Cl2FN2O3. The highest BCUT2D eigenvalue weighted by molar-refractivity contribution is 6.43. The summed E-state index contributed by atoms with van der Waals surface area (Å²) in [6.45, 7) is 0. The number of carbonyl (C=O) groups is 3. The van der Waals surface area contributed by atoms with E-state index in [2.05, 4.69) is 5.32 Å². The molecule has 0 bridgehead atoms. The molecule has 0 atom stereocenters. The zero-order valence-electron chi connectivity index (χ0n) is 16.4. The fraction of sp³-hybridized carbons (Fsp3) is 0.0417. The average Bonchev–Trinajstić information content (AvgIpc) is 2.76. The Morgan fingerprint density at radius 2 is 1.56 bits per heavy atom. The van der Waals surface area contributed by atoms with Gasteiger partial charge in [0.15, 0.2) is 0 Å². The highest BCUT2D eigenvalue weighted by Crippen LogP contribution is 2.30. The Balaban J connectivity index is 1.73. The van der Waals surface area contributed by atoms with Crippen molar-refractivity contribution in [1.82, 2.24) is 5.32 Å². The molecule has 5 nitrogen and oxygen atoms in total. The minimum atomic E-state index is -0.893. The van der Waals surface area contributed by atoms with E-state index in [1.54, 1.807) is 42.5 Å². The quantitative estimate of drug-likeness (QED) is 0.412. The van der Waals surface area contributed by atoms with Gasteiger partial charge < -0.3 is 0 Å². The second-order valence-corrected chi connectivity index (χ2v) is 7.84. The van der Waals surface area contributed by atoms with Crippen molar-refractivity contribution in [1.29, 1.82) is 0 Å². The number of nitrogens with one attached hydrogen (secondary N) is 1. The Labute approximate surface area is 193 Å². The molecule has 0 aliphatic carbocycles. The summed E-state index contributed by atoms with van der Waals surface area (Å²) in [7, 11) is 0. The molecule has 1 aliphatic rings. The molecule has 1 saturated heterocycles. The number of halogens is 3. The van der Waals surface area contributed by atoms with E-state index < -0.39 is 17.8 Å². The molecule has 1 aliphatic heterocycles. The number of benzene rings is 3. The predicted octanol–water partition coefficient (Wildman–Crippen LogP) is 5.39. The van der Waals surface area contributed by atoms with Crippen LogP contribution in [0, 0.1) is 5.82 Å². The van der Waals surface area contributed by atoms with Crippen LogP contribution in [-0.2, 0) is 16.0 Å². The van der Waals surface area contributed by atoms with Gasteiger partial charge in [0.05, 0.1) is 15.7 Å². The van der Waals surface area contributed by atoms with Crippen molar-refractivity contribution >= 4 is 52.8 Å². The van der Waals surface area contributed by atoms with Gasteiger partial charge in [0.25, 0.3) is 11.8 Å². The number of imide groups is 2. The predicted molar refractivity (Wildman–Crippen MR) is 121 cm³/mol. The second-order valence-electron chi connectivity index (χ2n) is 7.02. The molecule has 0 radical (unpaired) electrons. The van der Waals surface area contributed by atoms with E-state index in [4.69, 9.17) is 23.2 Å². The van der Waals surface area contributed by atoms with Gasteiger partial charge in [0.2, 0.25) is 0 Å². The zero-order chi connectivity index (χ0) is 22.8. The van der Waals surface area contributed by atoms with Crippen molar-refractivity contribution < 1.29 is 18.8 Å². The Hall–Kier alpha value is -3.48. The van der Waals surface area contributed by atoms with E-state index in [1.807, 2.05) is 0 Å². The van der Waals surface area contributed by atoms with Crippen LogP contribution >= 0.6 is 23.2 Å². The van der Waals surface area contributed by atoms with Crippen molar-refractivity contribution in [3.63, 3.8) is 0 Å². The maximum absolute atomic E-state index is 14.1. The number of hydrogen-bond acceptors (Lipinski definition) is 3. The third-order valence-corrected chi connectivity index (χ3v) is 5.70. The van der Waals surface area contributed by atoms with Gasteiger partial charge in [0.1, 0.15) is 11.4 Å². The molecule has 0 aromatic heterocycles. The van der Waals surface area contributed by atoms with E-state index >= 15 is 0 Å². The van der Waals surface area contributed by atoms with Crippen molar-refractivity contribution in [2.45, 2.75) is 6.42 Å². The third kappa shape index (κ3) is 4.28. The molecule has 1 fully saturated rings. The first-order chi connectivity index (χ1) is 15.3. The van der Waals surface area contributed by atoms with Gasteiger partial charge in [-0.1, -0.05) is 65.7 Å². The van der Waals surface area contributed by atoms with Crippen LogP contribution in [0.15, 0.2) is 72.3 Å². The molecule has 1 heterocycles. The first-order valence-corrected chi connectivity index (χ1v) is 10.3. The molecule has 8 heteroatoms. The maximum atomic E-state index is 14.1. The smallest absolute Gasteiger partial charge is 0.273 e. The minimum Gasteiger partial charge on any atom is -0.273 e. The summed E-state index contributed by atoms with van der Waals surface area (Å²) < 4.78 is 14.1. The largest absolute Gasteiger partial charge is 0.335 e. The zero-order valence-corrected chi connectivity index (χ0v) is 18.0. The molecule has 1 N–H and O–H groups in total. The Bertz CT molecular complexity index is 1290. The molecule has 3 aromatic carbocycles. The highest BCUT2D eigenvalue weighted by atomic mass is 35.5. The first-order valence-electron chi connectivity index (χ1n) is 9.53. The molecule has 160 valence electrons. The van der Waals surface area contributed by atoms with E-state index in [9.17, 15) is 18.8 Å². The Morgan fingerprint density at radius 1 is 0.875 bits per heavy atom. The van der Waals surface area contributed by atoms with Crippen molar-refractivity contribution in [2.75, 3.05) is 4.90 Å². The number of barbiturate groups is 1. The van der Waals surface area contributed by atoms with Crippen LogP contribution in [-0.4, -0.2) is 17.8 Å². The third-order valence-electron chi connectivity index (χ3n) is 4.96. The summed E-state index contributed by atoms with van der Waals surface area (Å²) in [6, 6.07) is 16.8. The summed E-state index contributed by atoms with van der Waals surface area (Å²) >= 11 is 11.9. The average molecular weight is 469 g/mol. The summed E-state index contributed by atoms with van der Waals surface area (Å²) in [5.74, 6) is -1.98. The van der Waals surface area contributed by atoms with Crippen LogP contribution in [0.25, 0.3) is 6.08 Å². The van der Waals surface area contributed by atoms with Crippen LogP contribution in [0.3, 0.4) is 0 Å². The van der Waals surface area contributed by atoms with Crippen LogP contribution in [0.2, 0.25) is 10.0 Å². The molecule has 4 rings (SSSR count). The van der Waals surface area contributed by atoms with Crippen LogP contribution < -0.4 is 10.2 Å². The molecule has 4 amide bonds. The SMILES string of the molecule is O=C1NC(=O)N(c2ccc(Cl)c(Cl)c2)C(=O)/C1=C/c1ccccc1Cc1ccccc1F. The lowest BCUT2D eigenvalue weighted by Crippen LogP contribution is -2.54. The number of urea groups is 1. The number of anilines is 1. The monoisotopic (exact) mass is 468 g/mol. The number of rotatable bonds is 4. The van der Waals surface area contributed by atoms with E-state index in [-0.39, 0.29) is 33.5 Å². The summed E-state index contributed by atoms with van der Waals surface area (Å²) in [5, 5.41) is 2.58. The highest BCUT2D eigenvalue weighted by Gasteiger charge is 2.37. The first kappa shape index (κ1) is 21.7. The van der Waals surface area contributed by atoms with Gasteiger partial charge in [-0.15, -0.1) is 0 Å². The van der Waals surface area contributed by atoms with E-state index in [0.717, 1.165) is 4.90 Å². The molecule has 0 spiro atoms. The molecule has 0 saturated carbocycles. The molecule has 0 unspecified atom stereocenters. The van der Waals surface area contributed by atoms with Crippen LogP contribution in [0.4, 0.5) is 14.9 Å². The number of amides is 4. The fourth-order valence-electron chi connectivity index (χ4n) is 3.35. The lowest BCUT2D eigenvalue weighted by Gasteiger charge is -2.26. The summed E-state index contributed by atoms with van der Waals surface area (Å²) in [4.78, 5) is 38.8. The topological polar surface area (TPSA) is 66.5 Å². The lowest BCUT2D eigenvalue weighted by molar-refractivity contribution is -0.122. The van der Waals surface area contributed by atoms with E-state index in [0.29, 0.717) is 16.7 Å². The number of hydrogen-bond donors (Lipinski definition) is 1. The van der Waals surface area contributed by atoms with Crippen LogP contribution in [0.5, 0.6) is 0 Å². The van der Waals surface area contributed by atoms with Gasteiger partial charge in [-0.2, -0.15) is 0 Å². The molecule has 3 aromatic rings. The van der Waals surface area contributed by atoms with Gasteiger partial charge in [-0.25, -0.2) is 14.1 Å². The van der Waals surface area contributed by atoms with Crippen molar-refractivity contribution in [2.24, 2.45) is 0 Å². The summed E-state index contributed by atoms with van der Waals surface area (Å²) in [6.07, 6.45) is 1.66. The maximum Gasteiger partial charge on any atom is 0.335 e. The van der Waals surface area contributed by atoms with Gasteiger partial charge in [0, 0.05) is 6.42 Å². The number of carbonyl (C=O) groups excluding carboxylic acids is 3. The van der Waals surface area contributed by atoms with Gasteiger partial charge >= 0.3 is 6.03 Å². The Kier molecular flexibility index (Phi) is 6.08. The molecule has 32 heavy (non-hydrogen) atoms. The number of nitrogens with zero attached hydrogens (tertiary/aromatic N) is 1. The summed E-state index contributed by atoms with van der Waals surface area (Å²) in [5.41, 5.74) is 1.67. The molecular weight excluding hydrogens is 454 g/mol. The van der Waals surface area contributed by atoms with Crippen LogP contribution in [0.1, 0.15) is 16.7 Å². The minimum absolute atomic E-state index is 0.155. The standard InChI is InChI=1S/C24H15Cl2FN2O3/c25-19-10-9-17(13-20(19)26)29-23(31)18(22(30)28-24(29)32)12-15-6-2-1-5-14(15)11-16-7-3-4-8-21(16)27/h1-10,12-13H,11H2,(H,28,30,32)/b18-12+.